The van der Waals surface area contributed by atoms with Gasteiger partial charge in [0.1, 0.15) is 0 Å². The monoisotopic (exact) mass is 495 g/mol. The molecule has 3 aromatic rings. The number of imidazole rings is 1. The van der Waals surface area contributed by atoms with Crippen LogP contribution in [0.5, 0.6) is 0 Å². The number of hydrogen-bond acceptors (Lipinski definition) is 9. The molecule has 0 radical (unpaired) electrons. The number of carbonyl (C=O) groups is 1. The van der Waals surface area contributed by atoms with Gasteiger partial charge < -0.3 is 15.2 Å². The minimum atomic E-state index is -3.05. The van der Waals surface area contributed by atoms with E-state index < -0.39 is 9.84 Å². The number of rotatable bonds is 4. The van der Waals surface area contributed by atoms with Crippen LogP contribution in [-0.4, -0.2) is 51.6 Å². The van der Waals surface area contributed by atoms with Crippen LogP contribution in [0.15, 0.2) is 6.33 Å². The van der Waals surface area contributed by atoms with Crippen molar-refractivity contribution in [1.82, 2.24) is 24.5 Å². The Morgan fingerprint density at radius 2 is 2.00 bits per heavy atom. The van der Waals surface area contributed by atoms with Crippen LogP contribution in [0.2, 0.25) is 5.28 Å². The summed E-state index contributed by atoms with van der Waals surface area (Å²) in [6, 6.07) is 0.178. The largest absolute Gasteiger partial charge is 0.371 e. The van der Waals surface area contributed by atoms with E-state index in [1.54, 1.807) is 13.4 Å². The molecule has 4 heterocycles. The molecule has 2 aliphatic rings. The molecule has 1 fully saturated rings. The Bertz CT molecular complexity index is 1300. The molecule has 2 N–H and O–H groups in total. The zero-order valence-electron chi connectivity index (χ0n) is 17.3. The number of hydrogen-bond donors (Lipinski definition) is 2. The van der Waals surface area contributed by atoms with E-state index in [1.165, 1.54) is 11.3 Å². The third-order valence-electron chi connectivity index (χ3n) is 6.10. The fourth-order valence-corrected chi connectivity index (χ4v) is 7.38. The molecule has 0 atom stereocenters. The normalized spacial score (nSPS) is 22.4. The van der Waals surface area contributed by atoms with Crippen LogP contribution < -0.4 is 10.6 Å². The predicted molar refractivity (Wildman–Crippen MR) is 123 cm³/mol. The van der Waals surface area contributed by atoms with Crippen LogP contribution in [-0.2, 0) is 26.8 Å². The molecule has 1 saturated carbocycles. The number of nitrogens with one attached hydrogen (secondary N) is 2. The van der Waals surface area contributed by atoms with Gasteiger partial charge in [0.05, 0.1) is 23.5 Å². The Morgan fingerprint density at radius 3 is 2.75 bits per heavy atom. The Kier molecular flexibility index (Phi) is 5.54. The molecule has 1 amide bonds. The first kappa shape index (κ1) is 21.5. The first-order chi connectivity index (χ1) is 15.3. The summed E-state index contributed by atoms with van der Waals surface area (Å²) in [6.07, 6.45) is 5.26. The molecule has 0 bridgehead atoms. The van der Waals surface area contributed by atoms with Crippen molar-refractivity contribution in [3.05, 3.63) is 22.2 Å². The molecule has 3 aromatic heterocycles. The average Bonchev–Trinajstić information content (AvgIpc) is 3.35. The van der Waals surface area contributed by atoms with Crippen LogP contribution in [0.3, 0.4) is 0 Å². The van der Waals surface area contributed by atoms with Crippen molar-refractivity contribution < 1.29 is 13.2 Å². The van der Waals surface area contributed by atoms with Crippen LogP contribution in [0, 0.1) is 5.92 Å². The summed E-state index contributed by atoms with van der Waals surface area (Å²) >= 11 is 7.34. The van der Waals surface area contributed by atoms with Gasteiger partial charge in [-0.1, -0.05) is 0 Å². The Balaban J connectivity index is 1.25. The van der Waals surface area contributed by atoms with Crippen molar-refractivity contribution >= 4 is 60.8 Å². The molecule has 1 aliphatic carbocycles. The summed E-state index contributed by atoms with van der Waals surface area (Å²) in [5.41, 5.74) is 2.15. The molecule has 1 aliphatic heterocycles. The van der Waals surface area contributed by atoms with E-state index in [2.05, 4.69) is 30.6 Å². The highest BCUT2D eigenvalue weighted by molar-refractivity contribution is 7.90. The van der Waals surface area contributed by atoms with Crippen LogP contribution in [0.25, 0.3) is 11.2 Å². The van der Waals surface area contributed by atoms with Gasteiger partial charge in [0.25, 0.3) is 0 Å². The second kappa shape index (κ2) is 8.23. The maximum Gasteiger partial charge on any atom is 0.229 e. The Morgan fingerprint density at radius 1 is 1.22 bits per heavy atom. The molecular weight excluding hydrogens is 474 g/mol. The number of halogens is 1. The van der Waals surface area contributed by atoms with Gasteiger partial charge in [0, 0.05) is 30.3 Å². The smallest absolute Gasteiger partial charge is 0.229 e. The topological polar surface area (TPSA) is 132 Å². The van der Waals surface area contributed by atoms with E-state index in [0.29, 0.717) is 28.5 Å². The molecule has 5 rings (SSSR count). The minimum absolute atomic E-state index is 0.0165. The summed E-state index contributed by atoms with van der Waals surface area (Å²) in [7, 11) is -1.29. The van der Waals surface area contributed by atoms with E-state index >= 15 is 0 Å². The second-order valence-corrected chi connectivity index (χ2v) is 11.7. The summed E-state index contributed by atoms with van der Waals surface area (Å²) in [4.78, 5) is 31.0. The van der Waals surface area contributed by atoms with Crippen molar-refractivity contribution in [2.75, 3.05) is 23.4 Å². The van der Waals surface area contributed by atoms with Crippen molar-refractivity contribution in [3.63, 3.8) is 0 Å². The zero-order chi connectivity index (χ0) is 22.5. The average molecular weight is 496 g/mol. The molecule has 10 nitrogen and oxygen atoms in total. The number of anilines is 2. The molecule has 13 heteroatoms. The highest BCUT2D eigenvalue weighted by Gasteiger charge is 2.30. The number of fused-ring (bicyclic) bond motifs is 2. The van der Waals surface area contributed by atoms with Gasteiger partial charge in [-0.15, -0.1) is 11.3 Å². The molecule has 32 heavy (non-hydrogen) atoms. The number of thiazole rings is 1. The van der Waals surface area contributed by atoms with E-state index in [9.17, 15) is 13.2 Å². The standard InChI is InChI=1S/C19H22ClN7O3S2/c1-21-15-14-16(25-18(20)24-15)27(9-22-14)11-4-2-10(3-5-11)17(28)26-19-23-12-6-7-32(29,30)8-13(12)31-19/h9-11H,2-8H2,1H3,(H,21,24,25)(H,23,26,28). The van der Waals surface area contributed by atoms with Gasteiger partial charge in [0.15, 0.2) is 32.0 Å². The lowest BCUT2D eigenvalue weighted by Gasteiger charge is -2.28. The molecule has 0 saturated heterocycles. The molecule has 0 spiro atoms. The summed E-state index contributed by atoms with van der Waals surface area (Å²) in [5, 5.41) is 6.55. The SMILES string of the molecule is CNc1nc(Cl)nc2c1ncn2C1CCC(C(=O)Nc2nc3c(s2)CS(=O)(=O)CC3)CC1. The van der Waals surface area contributed by atoms with Crippen molar-refractivity contribution in [2.45, 2.75) is 43.9 Å². The van der Waals surface area contributed by atoms with Gasteiger partial charge in [0.2, 0.25) is 11.2 Å². The van der Waals surface area contributed by atoms with Gasteiger partial charge in [-0.05, 0) is 37.3 Å². The first-order valence-corrected chi connectivity index (χ1v) is 13.4. The van der Waals surface area contributed by atoms with Crippen molar-refractivity contribution in [3.8, 4) is 0 Å². The maximum atomic E-state index is 12.8. The van der Waals surface area contributed by atoms with Crippen molar-refractivity contribution in [2.24, 2.45) is 5.92 Å². The van der Waals surface area contributed by atoms with Gasteiger partial charge in [-0.3, -0.25) is 4.79 Å². The lowest BCUT2D eigenvalue weighted by molar-refractivity contribution is -0.121. The summed E-state index contributed by atoms with van der Waals surface area (Å²) in [5.74, 6) is 0.553. The molecular formula is C19H22ClN7O3S2. The number of nitrogens with zero attached hydrogens (tertiary/aromatic N) is 5. The predicted octanol–water partition coefficient (Wildman–Crippen LogP) is 2.82. The summed E-state index contributed by atoms with van der Waals surface area (Å²) in [6.45, 7) is 0. The number of sulfone groups is 1. The van der Waals surface area contributed by atoms with Gasteiger partial charge in [-0.2, -0.15) is 9.97 Å². The van der Waals surface area contributed by atoms with Crippen LogP contribution in [0.1, 0.15) is 42.3 Å². The number of aryl methyl sites for hydroxylation is 1. The van der Waals surface area contributed by atoms with E-state index in [4.69, 9.17) is 11.6 Å². The van der Waals surface area contributed by atoms with E-state index in [0.717, 1.165) is 36.3 Å². The minimum Gasteiger partial charge on any atom is -0.371 e. The number of carbonyl (C=O) groups excluding carboxylic acids is 1. The van der Waals surface area contributed by atoms with E-state index in [-0.39, 0.29) is 34.7 Å². The fourth-order valence-electron chi connectivity index (χ4n) is 4.42. The Hall–Kier alpha value is -2.31. The highest BCUT2D eigenvalue weighted by atomic mass is 35.5. The molecule has 0 aromatic carbocycles. The number of aromatic nitrogens is 5. The third kappa shape index (κ3) is 4.06. The third-order valence-corrected chi connectivity index (χ3v) is 9.02. The number of amides is 1. The zero-order valence-corrected chi connectivity index (χ0v) is 19.7. The molecule has 0 unspecified atom stereocenters. The van der Waals surface area contributed by atoms with Crippen molar-refractivity contribution in [1.29, 1.82) is 0 Å². The first-order valence-electron chi connectivity index (χ1n) is 10.4. The van der Waals surface area contributed by atoms with Gasteiger partial charge >= 0.3 is 0 Å². The maximum absolute atomic E-state index is 12.8. The van der Waals surface area contributed by atoms with Crippen LogP contribution in [0.4, 0.5) is 10.9 Å². The van der Waals surface area contributed by atoms with Gasteiger partial charge in [-0.25, -0.2) is 18.4 Å². The van der Waals surface area contributed by atoms with E-state index in [1.807, 2.05) is 4.57 Å². The van der Waals surface area contributed by atoms with Crippen LogP contribution >= 0.6 is 22.9 Å². The lowest BCUT2D eigenvalue weighted by Crippen LogP contribution is -2.28. The quantitative estimate of drug-likeness (QED) is 0.528. The lowest BCUT2D eigenvalue weighted by atomic mass is 9.85. The summed E-state index contributed by atoms with van der Waals surface area (Å²) < 4.78 is 25.7. The molecule has 170 valence electrons. The Labute approximate surface area is 193 Å². The highest BCUT2D eigenvalue weighted by Crippen LogP contribution is 2.36. The fraction of sp³-hybridized carbons (Fsp3) is 0.526. The second-order valence-electron chi connectivity index (χ2n) is 8.14.